The second kappa shape index (κ2) is 6.65. The fourth-order valence-electron chi connectivity index (χ4n) is 1.26. The summed E-state index contributed by atoms with van der Waals surface area (Å²) in [4.78, 5) is 8.28. The lowest BCUT2D eigenvalue weighted by atomic mass is 10.2. The summed E-state index contributed by atoms with van der Waals surface area (Å²) >= 11 is 3.35. The highest BCUT2D eigenvalue weighted by atomic mass is 79.9. The molecule has 0 saturated heterocycles. The second-order valence-corrected chi connectivity index (χ2v) is 4.32. The Hall–Kier alpha value is -0.880. The highest BCUT2D eigenvalue weighted by Gasteiger charge is 2.06. The third kappa shape index (κ3) is 3.94. The molecule has 1 unspecified atom stereocenters. The maximum absolute atomic E-state index is 9.59. The lowest BCUT2D eigenvalue weighted by Gasteiger charge is -2.12. The van der Waals surface area contributed by atoms with Gasteiger partial charge in [0.25, 0.3) is 0 Å². The van der Waals surface area contributed by atoms with Gasteiger partial charge in [-0.2, -0.15) is 4.98 Å². The molecule has 1 rings (SSSR count). The maximum Gasteiger partial charge on any atom is 0.224 e. The van der Waals surface area contributed by atoms with E-state index in [2.05, 4.69) is 36.5 Å². The van der Waals surface area contributed by atoms with Crippen LogP contribution in [-0.2, 0) is 0 Å². The highest BCUT2D eigenvalue weighted by molar-refractivity contribution is 9.10. The van der Waals surface area contributed by atoms with Crippen LogP contribution in [0.3, 0.4) is 0 Å². The van der Waals surface area contributed by atoms with Crippen molar-refractivity contribution in [2.24, 2.45) is 0 Å². The van der Waals surface area contributed by atoms with Crippen LogP contribution in [0.1, 0.15) is 19.8 Å². The molecule has 90 valence electrons. The minimum Gasteiger partial charge on any atom is -0.391 e. The summed E-state index contributed by atoms with van der Waals surface area (Å²) in [5.74, 6) is 1.24. The van der Waals surface area contributed by atoms with Gasteiger partial charge in [-0.3, -0.25) is 0 Å². The summed E-state index contributed by atoms with van der Waals surface area (Å²) in [6.45, 7) is 2.54. The van der Waals surface area contributed by atoms with E-state index in [0.717, 1.165) is 17.3 Å². The summed E-state index contributed by atoms with van der Waals surface area (Å²) in [6, 6.07) is 0. The van der Waals surface area contributed by atoms with Gasteiger partial charge in [-0.25, -0.2) is 4.98 Å². The lowest BCUT2D eigenvalue weighted by molar-refractivity contribution is 0.176. The number of halogens is 1. The molecule has 0 aliphatic carbocycles. The van der Waals surface area contributed by atoms with Crippen LogP contribution in [-0.4, -0.2) is 34.8 Å². The Morgan fingerprint density at radius 1 is 1.56 bits per heavy atom. The van der Waals surface area contributed by atoms with Crippen molar-refractivity contribution in [3.05, 3.63) is 10.7 Å². The average molecular weight is 289 g/mol. The van der Waals surface area contributed by atoms with Crippen LogP contribution in [0.15, 0.2) is 10.7 Å². The van der Waals surface area contributed by atoms with Crippen LogP contribution in [0.5, 0.6) is 0 Å². The van der Waals surface area contributed by atoms with Crippen molar-refractivity contribution >= 4 is 27.7 Å². The Kier molecular flexibility index (Phi) is 5.48. The fraction of sp³-hybridized carbons (Fsp3) is 0.600. The smallest absolute Gasteiger partial charge is 0.224 e. The van der Waals surface area contributed by atoms with Crippen molar-refractivity contribution < 1.29 is 5.11 Å². The largest absolute Gasteiger partial charge is 0.391 e. The first-order chi connectivity index (χ1) is 7.67. The van der Waals surface area contributed by atoms with Gasteiger partial charge >= 0.3 is 0 Å². The molecule has 3 N–H and O–H groups in total. The molecule has 1 aromatic heterocycles. The summed E-state index contributed by atoms with van der Waals surface area (Å²) in [5, 5.41) is 15.5. The Morgan fingerprint density at radius 3 is 2.94 bits per heavy atom. The topological polar surface area (TPSA) is 70.1 Å². The van der Waals surface area contributed by atoms with E-state index in [1.54, 1.807) is 13.2 Å². The SMILES string of the molecule is CCCC(O)CNc1nc(NC)ncc1Br. The number of hydrogen-bond acceptors (Lipinski definition) is 5. The van der Waals surface area contributed by atoms with Crippen LogP contribution in [0, 0.1) is 0 Å². The van der Waals surface area contributed by atoms with Crippen LogP contribution in [0.25, 0.3) is 0 Å². The average Bonchev–Trinajstić information content (AvgIpc) is 2.28. The molecule has 5 nitrogen and oxygen atoms in total. The molecule has 1 aromatic rings. The number of rotatable bonds is 6. The second-order valence-electron chi connectivity index (χ2n) is 3.46. The van der Waals surface area contributed by atoms with Gasteiger partial charge in [-0.05, 0) is 22.4 Å². The molecular weight excluding hydrogens is 272 g/mol. The molecule has 0 aliphatic rings. The first-order valence-corrected chi connectivity index (χ1v) is 6.09. The quantitative estimate of drug-likeness (QED) is 0.745. The number of hydrogen-bond donors (Lipinski definition) is 3. The summed E-state index contributed by atoms with van der Waals surface area (Å²) in [7, 11) is 1.76. The molecule has 0 saturated carbocycles. The Bertz CT molecular complexity index is 335. The number of aromatic nitrogens is 2. The number of nitrogens with one attached hydrogen (secondary N) is 2. The molecule has 0 bridgehead atoms. The van der Waals surface area contributed by atoms with Crippen LogP contribution in [0.2, 0.25) is 0 Å². The van der Waals surface area contributed by atoms with Gasteiger partial charge in [-0.1, -0.05) is 13.3 Å². The van der Waals surface area contributed by atoms with Gasteiger partial charge in [-0.15, -0.1) is 0 Å². The van der Waals surface area contributed by atoms with Crippen LogP contribution < -0.4 is 10.6 Å². The fourth-order valence-corrected chi connectivity index (χ4v) is 1.59. The van der Waals surface area contributed by atoms with Gasteiger partial charge in [0.1, 0.15) is 5.82 Å². The summed E-state index contributed by atoms with van der Waals surface area (Å²) < 4.78 is 0.787. The predicted octanol–water partition coefficient (Wildman–Crippen LogP) is 1.85. The van der Waals surface area contributed by atoms with E-state index in [4.69, 9.17) is 0 Å². The normalized spacial score (nSPS) is 12.2. The van der Waals surface area contributed by atoms with Crippen molar-refractivity contribution in [2.45, 2.75) is 25.9 Å². The van der Waals surface area contributed by atoms with Crippen molar-refractivity contribution in [1.29, 1.82) is 0 Å². The zero-order valence-corrected chi connectivity index (χ0v) is 11.1. The number of nitrogens with zero attached hydrogens (tertiary/aromatic N) is 2. The standard InChI is InChI=1S/C10H17BrN4O/c1-3-4-7(16)5-13-9-8(11)6-14-10(12-2)15-9/h6-7,16H,3-5H2,1-2H3,(H2,12,13,14,15). The molecule has 0 spiro atoms. The molecule has 0 fully saturated rings. The van der Waals surface area contributed by atoms with E-state index in [9.17, 15) is 5.11 Å². The van der Waals surface area contributed by atoms with Crippen molar-refractivity contribution in [2.75, 3.05) is 24.2 Å². The van der Waals surface area contributed by atoms with E-state index in [-0.39, 0.29) is 6.10 Å². The molecule has 0 radical (unpaired) electrons. The minimum absolute atomic E-state index is 0.343. The molecule has 0 aliphatic heterocycles. The highest BCUT2D eigenvalue weighted by Crippen LogP contribution is 2.19. The minimum atomic E-state index is -0.343. The summed E-state index contributed by atoms with van der Waals surface area (Å²) in [6.07, 6.45) is 3.09. The number of aliphatic hydroxyl groups excluding tert-OH is 1. The zero-order chi connectivity index (χ0) is 12.0. The number of anilines is 2. The molecule has 6 heteroatoms. The molecule has 1 heterocycles. The number of aliphatic hydroxyl groups is 1. The van der Waals surface area contributed by atoms with Gasteiger partial charge in [0.05, 0.1) is 10.6 Å². The third-order valence-electron chi connectivity index (χ3n) is 2.09. The summed E-state index contributed by atoms with van der Waals surface area (Å²) in [5.41, 5.74) is 0. The predicted molar refractivity (Wildman–Crippen MR) is 68.7 cm³/mol. The Balaban J connectivity index is 2.58. The van der Waals surface area contributed by atoms with E-state index in [0.29, 0.717) is 18.3 Å². The molecule has 0 amide bonds. The Morgan fingerprint density at radius 2 is 2.31 bits per heavy atom. The van der Waals surface area contributed by atoms with Gasteiger partial charge < -0.3 is 15.7 Å². The van der Waals surface area contributed by atoms with Crippen molar-refractivity contribution in [3.63, 3.8) is 0 Å². The van der Waals surface area contributed by atoms with Crippen molar-refractivity contribution in [1.82, 2.24) is 9.97 Å². The monoisotopic (exact) mass is 288 g/mol. The van der Waals surface area contributed by atoms with Crippen molar-refractivity contribution in [3.8, 4) is 0 Å². The van der Waals surface area contributed by atoms with E-state index < -0.39 is 0 Å². The lowest BCUT2D eigenvalue weighted by Crippen LogP contribution is -2.20. The van der Waals surface area contributed by atoms with E-state index >= 15 is 0 Å². The molecule has 0 aromatic carbocycles. The van der Waals surface area contributed by atoms with Gasteiger partial charge in [0, 0.05) is 19.8 Å². The molecule has 1 atom stereocenters. The third-order valence-corrected chi connectivity index (χ3v) is 2.68. The van der Waals surface area contributed by atoms with Crippen LogP contribution in [0.4, 0.5) is 11.8 Å². The zero-order valence-electron chi connectivity index (χ0n) is 9.50. The molecule has 16 heavy (non-hydrogen) atoms. The Labute approximate surface area is 104 Å². The first kappa shape index (κ1) is 13.2. The van der Waals surface area contributed by atoms with E-state index in [1.807, 2.05) is 6.92 Å². The first-order valence-electron chi connectivity index (χ1n) is 5.29. The van der Waals surface area contributed by atoms with Crippen LogP contribution >= 0.6 is 15.9 Å². The van der Waals surface area contributed by atoms with Gasteiger partial charge in [0.2, 0.25) is 5.95 Å². The molecular formula is C10H17BrN4O. The van der Waals surface area contributed by atoms with Gasteiger partial charge in [0.15, 0.2) is 0 Å². The van der Waals surface area contributed by atoms with E-state index in [1.165, 1.54) is 0 Å². The maximum atomic E-state index is 9.59.